The molecule has 0 amide bonds. The summed E-state index contributed by atoms with van der Waals surface area (Å²) in [5.74, 6) is 0. The minimum absolute atomic E-state index is 0.0856. The van der Waals surface area contributed by atoms with Gasteiger partial charge in [0.2, 0.25) is 0 Å². The molecule has 4 nitrogen and oxygen atoms in total. The monoisotopic (exact) mass is 233 g/mol. The maximum absolute atomic E-state index is 9.65. The summed E-state index contributed by atoms with van der Waals surface area (Å²) in [5.41, 5.74) is 0.0856. The number of hydrogen-bond acceptors (Lipinski definition) is 4. The fourth-order valence-corrected chi connectivity index (χ4v) is 1.53. The van der Waals surface area contributed by atoms with Gasteiger partial charge in [-0.1, -0.05) is 13.3 Å². The fraction of sp³-hybridized carbons (Fsp3) is 1.00. The van der Waals surface area contributed by atoms with Crippen LogP contribution in [-0.4, -0.2) is 50.2 Å². The summed E-state index contributed by atoms with van der Waals surface area (Å²) in [4.78, 5) is 0. The third-order valence-electron chi connectivity index (χ3n) is 2.43. The van der Waals surface area contributed by atoms with E-state index in [1.807, 2.05) is 0 Å². The summed E-state index contributed by atoms with van der Waals surface area (Å²) in [7, 11) is 1.63. The zero-order valence-corrected chi connectivity index (χ0v) is 11.1. The van der Waals surface area contributed by atoms with Crippen LogP contribution in [0.5, 0.6) is 0 Å². The number of nitrogens with one attached hydrogen (secondary N) is 1. The molecular weight excluding hydrogens is 206 g/mol. The number of methoxy groups -OCH3 is 1. The molecule has 0 rings (SSSR count). The van der Waals surface area contributed by atoms with Crippen molar-refractivity contribution in [2.24, 2.45) is 0 Å². The van der Waals surface area contributed by atoms with Crippen LogP contribution in [0.1, 0.15) is 33.6 Å². The SMILES string of the molecule is CCCC(C)(C)NCC(O)COCCOC. The van der Waals surface area contributed by atoms with Crippen LogP contribution in [0, 0.1) is 0 Å². The molecule has 0 aromatic rings. The Bertz CT molecular complexity index is 162. The third kappa shape index (κ3) is 9.09. The minimum Gasteiger partial charge on any atom is -0.389 e. The van der Waals surface area contributed by atoms with E-state index in [1.165, 1.54) is 0 Å². The van der Waals surface area contributed by atoms with E-state index in [4.69, 9.17) is 9.47 Å². The highest BCUT2D eigenvalue weighted by Crippen LogP contribution is 2.10. The van der Waals surface area contributed by atoms with Gasteiger partial charge in [-0.05, 0) is 20.3 Å². The lowest BCUT2D eigenvalue weighted by Crippen LogP contribution is -2.44. The first kappa shape index (κ1) is 15.8. The zero-order valence-electron chi connectivity index (χ0n) is 11.1. The normalized spacial score (nSPS) is 14.1. The van der Waals surface area contributed by atoms with E-state index >= 15 is 0 Å². The van der Waals surface area contributed by atoms with Crippen molar-refractivity contribution in [1.29, 1.82) is 0 Å². The second-order valence-corrected chi connectivity index (χ2v) is 4.74. The molecule has 0 bridgehead atoms. The second kappa shape index (κ2) is 8.93. The predicted octanol–water partition coefficient (Wildman–Crippen LogP) is 1.18. The molecule has 0 aliphatic rings. The number of hydrogen-bond donors (Lipinski definition) is 2. The summed E-state index contributed by atoms with van der Waals surface area (Å²) in [5, 5.41) is 13.0. The van der Waals surface area contributed by atoms with Gasteiger partial charge in [-0.15, -0.1) is 0 Å². The summed E-state index contributed by atoms with van der Waals surface area (Å²) >= 11 is 0. The van der Waals surface area contributed by atoms with Gasteiger partial charge in [0, 0.05) is 19.2 Å². The predicted molar refractivity (Wildman–Crippen MR) is 65.7 cm³/mol. The Balaban J connectivity index is 3.52. The molecule has 0 aliphatic carbocycles. The highest BCUT2D eigenvalue weighted by atomic mass is 16.5. The Labute approximate surface area is 99.3 Å². The number of β-amino-alcohol motifs (C(OH)–C–C–N with tert-alkyl or cyclic N) is 1. The van der Waals surface area contributed by atoms with Gasteiger partial charge in [-0.3, -0.25) is 0 Å². The fourth-order valence-electron chi connectivity index (χ4n) is 1.53. The molecule has 0 aliphatic heterocycles. The first-order chi connectivity index (χ1) is 7.52. The van der Waals surface area contributed by atoms with Crippen LogP contribution in [-0.2, 0) is 9.47 Å². The van der Waals surface area contributed by atoms with Gasteiger partial charge in [0.05, 0.1) is 25.9 Å². The number of ether oxygens (including phenoxy) is 2. The lowest BCUT2D eigenvalue weighted by atomic mass is 9.99. The molecule has 4 heteroatoms. The quantitative estimate of drug-likeness (QED) is 0.556. The van der Waals surface area contributed by atoms with Crippen molar-refractivity contribution in [3.8, 4) is 0 Å². The van der Waals surface area contributed by atoms with Crippen molar-refractivity contribution in [1.82, 2.24) is 5.32 Å². The van der Waals surface area contributed by atoms with Crippen LogP contribution >= 0.6 is 0 Å². The molecule has 0 saturated carbocycles. The standard InChI is InChI=1S/C12H27NO3/c1-5-6-12(2,3)13-9-11(14)10-16-8-7-15-4/h11,13-14H,5-10H2,1-4H3. The van der Waals surface area contributed by atoms with Crippen LogP contribution in [0.3, 0.4) is 0 Å². The van der Waals surface area contributed by atoms with Gasteiger partial charge in [0.25, 0.3) is 0 Å². The Morgan fingerprint density at radius 3 is 2.56 bits per heavy atom. The molecule has 98 valence electrons. The average Bonchev–Trinajstić information content (AvgIpc) is 2.22. The van der Waals surface area contributed by atoms with Crippen LogP contribution in [0.4, 0.5) is 0 Å². The van der Waals surface area contributed by atoms with Gasteiger partial charge in [0.1, 0.15) is 0 Å². The molecule has 0 aromatic carbocycles. The molecule has 0 heterocycles. The largest absolute Gasteiger partial charge is 0.389 e. The van der Waals surface area contributed by atoms with E-state index in [-0.39, 0.29) is 5.54 Å². The highest BCUT2D eigenvalue weighted by Gasteiger charge is 2.17. The number of aliphatic hydroxyl groups is 1. The molecule has 1 unspecified atom stereocenters. The number of rotatable bonds is 10. The average molecular weight is 233 g/mol. The van der Waals surface area contributed by atoms with Crippen LogP contribution in [0.25, 0.3) is 0 Å². The van der Waals surface area contributed by atoms with E-state index in [1.54, 1.807) is 7.11 Å². The maximum Gasteiger partial charge on any atom is 0.0897 e. The van der Waals surface area contributed by atoms with Crippen molar-refractivity contribution in [3.05, 3.63) is 0 Å². The van der Waals surface area contributed by atoms with E-state index in [0.717, 1.165) is 12.8 Å². The Morgan fingerprint density at radius 1 is 1.31 bits per heavy atom. The summed E-state index contributed by atoms with van der Waals surface area (Å²) in [6.45, 7) is 8.49. The molecule has 0 spiro atoms. The highest BCUT2D eigenvalue weighted by molar-refractivity contribution is 4.77. The van der Waals surface area contributed by atoms with Gasteiger partial charge in [-0.2, -0.15) is 0 Å². The van der Waals surface area contributed by atoms with Gasteiger partial charge in [0.15, 0.2) is 0 Å². The molecular formula is C12H27NO3. The van der Waals surface area contributed by atoms with Crippen LogP contribution in [0.2, 0.25) is 0 Å². The lowest BCUT2D eigenvalue weighted by molar-refractivity contribution is 0.0113. The maximum atomic E-state index is 9.65. The third-order valence-corrected chi connectivity index (χ3v) is 2.43. The molecule has 2 N–H and O–H groups in total. The molecule has 0 radical (unpaired) electrons. The van der Waals surface area contributed by atoms with Crippen LogP contribution in [0.15, 0.2) is 0 Å². The minimum atomic E-state index is -0.451. The Kier molecular flexibility index (Phi) is 8.84. The Morgan fingerprint density at radius 2 is 2.00 bits per heavy atom. The molecule has 0 saturated heterocycles. The number of aliphatic hydroxyl groups excluding tert-OH is 1. The topological polar surface area (TPSA) is 50.7 Å². The van der Waals surface area contributed by atoms with Crippen molar-refractivity contribution in [3.63, 3.8) is 0 Å². The summed E-state index contributed by atoms with van der Waals surface area (Å²) in [6.07, 6.45) is 1.79. The second-order valence-electron chi connectivity index (χ2n) is 4.74. The van der Waals surface area contributed by atoms with E-state index < -0.39 is 6.10 Å². The van der Waals surface area contributed by atoms with Gasteiger partial charge < -0.3 is 19.9 Å². The van der Waals surface area contributed by atoms with Gasteiger partial charge in [-0.25, -0.2) is 0 Å². The summed E-state index contributed by atoms with van der Waals surface area (Å²) < 4.78 is 10.1. The van der Waals surface area contributed by atoms with Crippen molar-refractivity contribution in [2.45, 2.75) is 45.3 Å². The molecule has 1 atom stereocenters. The first-order valence-corrected chi connectivity index (χ1v) is 6.01. The zero-order chi connectivity index (χ0) is 12.4. The van der Waals surface area contributed by atoms with Crippen molar-refractivity contribution < 1.29 is 14.6 Å². The molecule has 16 heavy (non-hydrogen) atoms. The van der Waals surface area contributed by atoms with E-state index in [2.05, 4.69) is 26.1 Å². The van der Waals surface area contributed by atoms with Crippen LogP contribution < -0.4 is 5.32 Å². The molecule has 0 fully saturated rings. The van der Waals surface area contributed by atoms with Gasteiger partial charge >= 0.3 is 0 Å². The van der Waals surface area contributed by atoms with Crippen molar-refractivity contribution >= 4 is 0 Å². The molecule has 0 aromatic heterocycles. The van der Waals surface area contributed by atoms with E-state index in [0.29, 0.717) is 26.4 Å². The Hall–Kier alpha value is -0.160. The first-order valence-electron chi connectivity index (χ1n) is 6.01. The lowest BCUT2D eigenvalue weighted by Gasteiger charge is -2.27. The van der Waals surface area contributed by atoms with E-state index in [9.17, 15) is 5.11 Å². The van der Waals surface area contributed by atoms with Crippen molar-refractivity contribution in [2.75, 3.05) is 33.5 Å². The summed E-state index contributed by atoms with van der Waals surface area (Å²) in [6, 6.07) is 0. The smallest absolute Gasteiger partial charge is 0.0897 e.